The fraction of sp³-hybridized carbons (Fsp3) is 1.00. The van der Waals surface area contributed by atoms with E-state index in [9.17, 15) is 62.3 Å². The van der Waals surface area contributed by atoms with Gasteiger partial charge in [-0.1, -0.05) is 0 Å². The summed E-state index contributed by atoms with van der Waals surface area (Å²) in [6, 6.07) is -4.16. The van der Waals surface area contributed by atoms with Crippen molar-refractivity contribution in [3.05, 3.63) is 0 Å². The first-order valence-corrected chi connectivity index (χ1v) is 20.9. The summed E-state index contributed by atoms with van der Waals surface area (Å²) in [5.74, 6) is 0. The zero-order chi connectivity index (χ0) is 29.8. The molecular weight excluding hydrogens is 612 g/mol. The Morgan fingerprint density at radius 2 is 0.649 bits per heavy atom. The molecule has 0 amide bonds. The minimum Gasteiger partial charge on any atom is -0.416 e. The van der Waals surface area contributed by atoms with E-state index < -0.39 is 109 Å². The molecule has 0 spiro atoms. The van der Waals surface area contributed by atoms with Gasteiger partial charge >= 0.3 is 58.9 Å². The van der Waals surface area contributed by atoms with E-state index in [0.29, 0.717) is 0 Å². The van der Waals surface area contributed by atoms with Gasteiger partial charge in [0.1, 0.15) is 0 Å². The maximum atomic E-state index is 12.9. The second-order valence-corrected chi connectivity index (χ2v) is 23.1. The Balaban J connectivity index is 6.16. The van der Waals surface area contributed by atoms with Crippen LogP contribution in [0.4, 0.5) is 52.7 Å². The molecule has 0 aromatic heterocycles. The van der Waals surface area contributed by atoms with Crippen molar-refractivity contribution in [3.8, 4) is 0 Å². The van der Waals surface area contributed by atoms with Crippen LogP contribution in [-0.2, 0) is 12.3 Å². The summed E-state index contributed by atoms with van der Waals surface area (Å²) < 4.78 is 170. The van der Waals surface area contributed by atoms with Gasteiger partial charge in [-0.25, -0.2) is 0 Å². The number of alkyl halides is 12. The van der Waals surface area contributed by atoms with Gasteiger partial charge in [-0.15, -0.1) is 0 Å². The van der Waals surface area contributed by atoms with Crippen LogP contribution in [0.25, 0.3) is 0 Å². The first kappa shape index (κ1) is 36.8. The van der Waals surface area contributed by atoms with E-state index in [4.69, 9.17) is 12.3 Å². The van der Waals surface area contributed by atoms with Crippen LogP contribution in [0.5, 0.6) is 0 Å². The van der Waals surface area contributed by atoms with Gasteiger partial charge in [0.15, 0.2) is 0 Å². The van der Waals surface area contributed by atoms with Crippen molar-refractivity contribution in [2.75, 3.05) is 0 Å². The summed E-state index contributed by atoms with van der Waals surface area (Å²) in [4.78, 5) is 20.8. The molecule has 0 aliphatic carbocycles. The summed E-state index contributed by atoms with van der Waals surface area (Å²) >= 11 is 0. The van der Waals surface area contributed by atoms with Gasteiger partial charge < -0.3 is 21.9 Å². The molecule has 0 radical (unpaired) electrons. The van der Waals surface area contributed by atoms with Crippen LogP contribution < -0.4 is 0 Å². The lowest BCUT2D eigenvalue weighted by Crippen LogP contribution is -2.60. The van der Waals surface area contributed by atoms with E-state index >= 15 is 0 Å². The summed E-state index contributed by atoms with van der Waals surface area (Å²) in [5.41, 5.74) is 0. The summed E-state index contributed by atoms with van der Waals surface area (Å²) in [6.07, 6.45) is -25.6. The third-order valence-corrected chi connectivity index (χ3v) is 19.9. The highest BCUT2D eigenvalue weighted by Gasteiger charge is 2.53. The van der Waals surface area contributed by atoms with Crippen LogP contribution in [0, 0.1) is 0 Å². The van der Waals surface area contributed by atoms with Gasteiger partial charge in [0.25, 0.3) is 0 Å². The molecule has 0 aliphatic rings. The average molecular weight is 643 g/mol. The molecular formula is C16H30F12O5Si4. The van der Waals surface area contributed by atoms with Crippen molar-refractivity contribution >= 4 is 34.2 Å². The smallest absolute Gasteiger partial charge is 0.389 e. The van der Waals surface area contributed by atoms with Crippen LogP contribution >= 0.6 is 0 Å². The van der Waals surface area contributed by atoms with Crippen LogP contribution in [0.2, 0.25) is 50.4 Å². The van der Waals surface area contributed by atoms with E-state index in [1.165, 1.54) is 0 Å². The molecule has 4 unspecified atom stereocenters. The van der Waals surface area contributed by atoms with Crippen LogP contribution in [0.3, 0.4) is 0 Å². The van der Waals surface area contributed by atoms with E-state index in [2.05, 4.69) is 0 Å². The highest BCUT2D eigenvalue weighted by atomic mass is 28.5. The Morgan fingerprint density at radius 3 is 0.865 bits per heavy atom. The first-order valence-electron chi connectivity index (χ1n) is 10.8. The maximum absolute atomic E-state index is 12.9. The SMILES string of the molecule is C[Si](O)(CCC(F)(F)F)O[Si](C)(CCC(F)(F)F)O[Si](C)(CCC(F)(F)F)O[Si](C)(O)CCC(F)(F)F. The predicted octanol–water partition coefficient (Wildman–Crippen LogP) is 7.12. The monoisotopic (exact) mass is 642 g/mol. The number of halogens is 12. The molecule has 5 nitrogen and oxygen atoms in total. The molecule has 0 aliphatic heterocycles. The number of hydrogen-bond acceptors (Lipinski definition) is 5. The van der Waals surface area contributed by atoms with Gasteiger partial charge in [-0.05, 0) is 50.4 Å². The average Bonchev–Trinajstić information content (AvgIpc) is 2.59. The van der Waals surface area contributed by atoms with Gasteiger partial charge in [0, 0.05) is 25.7 Å². The third kappa shape index (κ3) is 19.5. The molecule has 0 fully saturated rings. The topological polar surface area (TPSA) is 68.2 Å². The fourth-order valence-electron chi connectivity index (χ4n) is 3.22. The largest absolute Gasteiger partial charge is 0.416 e. The van der Waals surface area contributed by atoms with Crippen LogP contribution in [0.15, 0.2) is 0 Å². The van der Waals surface area contributed by atoms with Crippen molar-refractivity contribution in [1.29, 1.82) is 0 Å². The summed E-state index contributed by atoms with van der Waals surface area (Å²) in [5, 5.41) is 0. The van der Waals surface area contributed by atoms with Gasteiger partial charge in [0.05, 0.1) is 0 Å². The standard InChI is InChI=1S/C16H30F12O5Si4/c1-34(29,9-5-13(17,18)19)31-36(3,11-7-15(23,24)25)33-37(4,12-8-16(26,27)28)32-35(2,30)10-6-14(20,21)22/h29-30H,5-12H2,1-4H3. The van der Waals surface area contributed by atoms with Gasteiger partial charge in [0.2, 0.25) is 0 Å². The molecule has 224 valence electrons. The minimum atomic E-state index is -4.85. The number of hydrogen-bond donors (Lipinski definition) is 2. The minimum absolute atomic E-state index is 0.838. The van der Waals surface area contributed by atoms with Crippen molar-refractivity contribution in [2.24, 2.45) is 0 Å². The van der Waals surface area contributed by atoms with Crippen molar-refractivity contribution in [2.45, 2.75) is 101 Å². The molecule has 37 heavy (non-hydrogen) atoms. The summed E-state index contributed by atoms with van der Waals surface area (Å²) in [6.45, 7) is 3.46. The summed E-state index contributed by atoms with van der Waals surface area (Å²) in [7, 11) is -17.8. The fourth-order valence-corrected chi connectivity index (χ4v) is 20.8. The van der Waals surface area contributed by atoms with Crippen molar-refractivity contribution < 1.29 is 74.6 Å². The van der Waals surface area contributed by atoms with Crippen molar-refractivity contribution in [1.82, 2.24) is 0 Å². The Kier molecular flexibility index (Phi) is 12.5. The number of rotatable bonds is 14. The Hall–Kier alpha value is -0.172. The van der Waals surface area contributed by atoms with Gasteiger partial charge in [-0.3, -0.25) is 0 Å². The molecule has 0 saturated heterocycles. The van der Waals surface area contributed by atoms with E-state index in [1.807, 2.05) is 0 Å². The molecule has 0 aromatic carbocycles. The molecule has 0 aromatic rings. The molecule has 0 bridgehead atoms. The molecule has 2 N–H and O–H groups in total. The highest BCUT2D eigenvalue weighted by Crippen LogP contribution is 2.37. The molecule has 0 heterocycles. The predicted molar refractivity (Wildman–Crippen MR) is 116 cm³/mol. The Morgan fingerprint density at radius 1 is 0.432 bits per heavy atom. The first-order chi connectivity index (χ1) is 15.9. The van der Waals surface area contributed by atoms with Crippen LogP contribution in [0.1, 0.15) is 25.7 Å². The van der Waals surface area contributed by atoms with Gasteiger partial charge in [-0.2, -0.15) is 52.7 Å². The molecule has 4 atom stereocenters. The lowest BCUT2D eigenvalue weighted by atomic mass is 10.5. The molecule has 21 heteroatoms. The van der Waals surface area contributed by atoms with E-state index in [0.717, 1.165) is 26.2 Å². The van der Waals surface area contributed by atoms with Crippen molar-refractivity contribution in [3.63, 3.8) is 0 Å². The third-order valence-electron chi connectivity index (χ3n) is 4.77. The second-order valence-electron chi connectivity index (χ2n) is 9.38. The normalized spacial score (nSPS) is 20.6. The van der Waals surface area contributed by atoms with E-state index in [-0.39, 0.29) is 0 Å². The lowest BCUT2D eigenvalue weighted by molar-refractivity contribution is -0.132. The van der Waals surface area contributed by atoms with E-state index in [1.54, 1.807) is 0 Å². The zero-order valence-corrected chi connectivity index (χ0v) is 24.3. The highest BCUT2D eigenvalue weighted by molar-refractivity contribution is 6.88. The Bertz CT molecular complexity index is 656. The molecule has 0 rings (SSSR count). The zero-order valence-electron chi connectivity index (χ0n) is 20.3. The van der Waals surface area contributed by atoms with Crippen LogP contribution in [-0.4, -0.2) is 68.5 Å². The maximum Gasteiger partial charge on any atom is 0.389 e. The quantitative estimate of drug-likeness (QED) is 0.156. The Labute approximate surface area is 210 Å². The molecule has 0 saturated carbocycles. The second kappa shape index (κ2) is 12.6. The lowest BCUT2D eigenvalue weighted by Gasteiger charge is -2.43.